The van der Waals surface area contributed by atoms with Gasteiger partial charge < -0.3 is 9.88 Å². The van der Waals surface area contributed by atoms with Crippen molar-refractivity contribution in [2.75, 3.05) is 11.1 Å². The van der Waals surface area contributed by atoms with Gasteiger partial charge in [-0.2, -0.15) is 0 Å². The number of carbonyl (C=O) groups excluding carboxylic acids is 1. The van der Waals surface area contributed by atoms with Gasteiger partial charge >= 0.3 is 0 Å². The van der Waals surface area contributed by atoms with Crippen LogP contribution in [0, 0.1) is 0 Å². The minimum atomic E-state index is -0.204. The van der Waals surface area contributed by atoms with E-state index in [1.165, 1.54) is 23.1 Å². The standard InChI is InChI=1S/C21H15Cl4N5OS2/c1-2-30-19(11-3-6-14(23)16(25)7-11)28-29-21(30)33-10-18(31)27-20-26-17(9-32-20)13-5-4-12(22)8-15(13)24/h3-9H,2,10H2,1H3,(H,26,27,31). The molecule has 0 aliphatic heterocycles. The summed E-state index contributed by atoms with van der Waals surface area (Å²) < 4.78 is 1.92. The molecule has 0 atom stereocenters. The number of hydrogen-bond donors (Lipinski definition) is 1. The van der Waals surface area contributed by atoms with Gasteiger partial charge in [-0.3, -0.25) is 4.79 Å². The number of nitrogens with zero attached hydrogens (tertiary/aromatic N) is 4. The van der Waals surface area contributed by atoms with Crippen molar-refractivity contribution in [1.82, 2.24) is 19.7 Å². The SMILES string of the molecule is CCn1c(SCC(=O)Nc2nc(-c3ccc(Cl)cc3Cl)cs2)nnc1-c1ccc(Cl)c(Cl)c1. The Morgan fingerprint density at radius 1 is 1.06 bits per heavy atom. The first-order valence-corrected chi connectivity index (χ1v) is 13.0. The van der Waals surface area contributed by atoms with E-state index in [1.54, 1.807) is 30.3 Å². The Morgan fingerprint density at radius 3 is 2.61 bits per heavy atom. The number of amides is 1. The third-order valence-electron chi connectivity index (χ3n) is 4.50. The molecule has 2 aromatic carbocycles. The van der Waals surface area contributed by atoms with Crippen molar-refractivity contribution in [3.8, 4) is 22.6 Å². The molecule has 170 valence electrons. The molecule has 0 spiro atoms. The summed E-state index contributed by atoms with van der Waals surface area (Å²) >= 11 is 27.0. The van der Waals surface area contributed by atoms with Crippen LogP contribution in [0.25, 0.3) is 22.6 Å². The van der Waals surface area contributed by atoms with Crippen molar-refractivity contribution >= 4 is 80.5 Å². The molecule has 33 heavy (non-hydrogen) atoms. The summed E-state index contributed by atoms with van der Waals surface area (Å²) in [4.78, 5) is 17.0. The van der Waals surface area contributed by atoms with E-state index < -0.39 is 0 Å². The van der Waals surface area contributed by atoms with E-state index in [-0.39, 0.29) is 11.7 Å². The summed E-state index contributed by atoms with van der Waals surface area (Å²) in [5.41, 5.74) is 2.21. The molecule has 0 saturated heterocycles. The largest absolute Gasteiger partial charge is 0.302 e. The molecule has 4 rings (SSSR count). The molecule has 0 unspecified atom stereocenters. The fourth-order valence-electron chi connectivity index (χ4n) is 2.97. The molecule has 4 aromatic rings. The maximum Gasteiger partial charge on any atom is 0.236 e. The lowest BCUT2D eigenvalue weighted by atomic mass is 10.2. The van der Waals surface area contributed by atoms with E-state index in [2.05, 4.69) is 20.5 Å². The number of thiazole rings is 1. The van der Waals surface area contributed by atoms with Crippen LogP contribution >= 0.6 is 69.5 Å². The average Bonchev–Trinajstić information content (AvgIpc) is 3.41. The van der Waals surface area contributed by atoms with Crippen LogP contribution in [0.4, 0.5) is 5.13 Å². The summed E-state index contributed by atoms with van der Waals surface area (Å²) in [5, 5.41) is 16.2. The first-order chi connectivity index (χ1) is 15.9. The van der Waals surface area contributed by atoms with Crippen molar-refractivity contribution in [3.05, 3.63) is 61.9 Å². The zero-order chi connectivity index (χ0) is 23.5. The lowest BCUT2D eigenvalue weighted by Crippen LogP contribution is -2.14. The monoisotopic (exact) mass is 557 g/mol. The van der Waals surface area contributed by atoms with Gasteiger partial charge in [0.25, 0.3) is 0 Å². The number of hydrogen-bond acceptors (Lipinski definition) is 6. The zero-order valence-corrected chi connectivity index (χ0v) is 21.6. The van der Waals surface area contributed by atoms with E-state index in [0.29, 0.717) is 48.4 Å². The number of carbonyl (C=O) groups is 1. The number of thioether (sulfide) groups is 1. The van der Waals surface area contributed by atoms with Gasteiger partial charge in [0.1, 0.15) is 0 Å². The maximum absolute atomic E-state index is 12.5. The van der Waals surface area contributed by atoms with Crippen LogP contribution in [0.1, 0.15) is 6.92 Å². The van der Waals surface area contributed by atoms with Crippen LogP contribution in [0.5, 0.6) is 0 Å². The van der Waals surface area contributed by atoms with Gasteiger partial charge in [-0.1, -0.05) is 58.2 Å². The highest BCUT2D eigenvalue weighted by Gasteiger charge is 2.16. The average molecular weight is 559 g/mol. The van der Waals surface area contributed by atoms with E-state index in [0.717, 1.165) is 11.1 Å². The second-order valence-corrected chi connectivity index (χ2v) is 10.1. The fourth-order valence-corrected chi connectivity index (χ4v) is 5.30. The van der Waals surface area contributed by atoms with Gasteiger partial charge in [-0.05, 0) is 43.3 Å². The predicted molar refractivity (Wildman–Crippen MR) is 138 cm³/mol. The first-order valence-electron chi connectivity index (χ1n) is 9.58. The van der Waals surface area contributed by atoms with Crippen LogP contribution in [0.15, 0.2) is 46.9 Å². The molecule has 2 heterocycles. The molecule has 1 amide bonds. The second-order valence-electron chi connectivity index (χ2n) is 6.68. The summed E-state index contributed by atoms with van der Waals surface area (Å²) in [5.74, 6) is 0.601. The topological polar surface area (TPSA) is 72.7 Å². The lowest BCUT2D eigenvalue weighted by Gasteiger charge is -2.08. The Morgan fingerprint density at radius 2 is 1.88 bits per heavy atom. The van der Waals surface area contributed by atoms with E-state index in [1.807, 2.05) is 22.9 Å². The van der Waals surface area contributed by atoms with Crippen LogP contribution in [-0.4, -0.2) is 31.4 Å². The highest BCUT2D eigenvalue weighted by Crippen LogP contribution is 2.33. The molecule has 1 N–H and O–H groups in total. The zero-order valence-electron chi connectivity index (χ0n) is 17.0. The van der Waals surface area contributed by atoms with E-state index in [9.17, 15) is 4.79 Å². The van der Waals surface area contributed by atoms with Gasteiger partial charge in [-0.15, -0.1) is 21.5 Å². The van der Waals surface area contributed by atoms with Crippen LogP contribution < -0.4 is 5.32 Å². The molecule has 0 radical (unpaired) electrons. The second kappa shape index (κ2) is 10.6. The molecule has 0 fully saturated rings. The lowest BCUT2D eigenvalue weighted by molar-refractivity contribution is -0.113. The first kappa shape index (κ1) is 24.3. The Bertz CT molecular complexity index is 1320. The third-order valence-corrected chi connectivity index (χ3v) is 7.51. The number of rotatable bonds is 7. The summed E-state index contributed by atoms with van der Waals surface area (Å²) in [6.07, 6.45) is 0. The smallest absolute Gasteiger partial charge is 0.236 e. The minimum absolute atomic E-state index is 0.149. The molecule has 0 saturated carbocycles. The van der Waals surface area contributed by atoms with Crippen molar-refractivity contribution in [3.63, 3.8) is 0 Å². The molecule has 0 bridgehead atoms. The summed E-state index contributed by atoms with van der Waals surface area (Å²) in [6.45, 7) is 2.61. The number of aromatic nitrogens is 4. The van der Waals surface area contributed by atoms with Crippen molar-refractivity contribution in [2.24, 2.45) is 0 Å². The van der Waals surface area contributed by atoms with Gasteiger partial charge in [0.15, 0.2) is 16.1 Å². The van der Waals surface area contributed by atoms with Crippen LogP contribution in [-0.2, 0) is 11.3 Å². The van der Waals surface area contributed by atoms with Crippen molar-refractivity contribution in [1.29, 1.82) is 0 Å². The number of halogens is 4. The van der Waals surface area contributed by atoms with Gasteiger partial charge in [-0.25, -0.2) is 4.98 Å². The summed E-state index contributed by atoms with van der Waals surface area (Å²) in [7, 11) is 0. The molecule has 0 aliphatic rings. The van der Waals surface area contributed by atoms with E-state index in [4.69, 9.17) is 46.4 Å². The quantitative estimate of drug-likeness (QED) is 0.239. The molecular formula is C21H15Cl4N5OS2. The number of nitrogens with one attached hydrogen (secondary N) is 1. The maximum atomic E-state index is 12.5. The fraction of sp³-hybridized carbons (Fsp3) is 0.143. The van der Waals surface area contributed by atoms with Gasteiger partial charge in [0, 0.05) is 28.1 Å². The normalized spacial score (nSPS) is 11.1. The number of anilines is 1. The molecule has 6 nitrogen and oxygen atoms in total. The highest BCUT2D eigenvalue weighted by atomic mass is 35.5. The highest BCUT2D eigenvalue weighted by molar-refractivity contribution is 7.99. The van der Waals surface area contributed by atoms with Gasteiger partial charge in [0.05, 0.1) is 26.5 Å². The third kappa shape index (κ3) is 5.65. The number of benzene rings is 2. The van der Waals surface area contributed by atoms with Crippen molar-refractivity contribution in [2.45, 2.75) is 18.6 Å². The Labute approximate surface area is 218 Å². The summed E-state index contributed by atoms with van der Waals surface area (Å²) in [6, 6.07) is 10.5. The Balaban J connectivity index is 1.42. The van der Waals surface area contributed by atoms with Crippen LogP contribution in [0.2, 0.25) is 20.1 Å². The molecule has 12 heteroatoms. The van der Waals surface area contributed by atoms with Crippen LogP contribution in [0.3, 0.4) is 0 Å². The Kier molecular flexibility index (Phi) is 7.83. The van der Waals surface area contributed by atoms with Gasteiger partial charge in [0.2, 0.25) is 5.91 Å². The molecular weight excluding hydrogens is 544 g/mol. The predicted octanol–water partition coefficient (Wildman–Crippen LogP) is 7.43. The molecule has 0 aliphatic carbocycles. The van der Waals surface area contributed by atoms with Crippen molar-refractivity contribution < 1.29 is 4.79 Å². The molecule has 2 aromatic heterocycles. The Hall–Kier alpha value is -1.81. The van der Waals surface area contributed by atoms with E-state index >= 15 is 0 Å². The minimum Gasteiger partial charge on any atom is -0.302 e.